The second-order valence-electron chi connectivity index (χ2n) is 8.21. The van der Waals surface area contributed by atoms with Crippen molar-refractivity contribution >= 4 is 14.5 Å². The minimum Gasteiger partial charge on any atom is -0.346 e. The van der Waals surface area contributed by atoms with Gasteiger partial charge in [-0.2, -0.15) is 0 Å². The summed E-state index contributed by atoms with van der Waals surface area (Å²) in [6.07, 6.45) is 5.22. The molecule has 0 radical (unpaired) electrons. The highest BCUT2D eigenvalue weighted by Crippen LogP contribution is 2.48. The van der Waals surface area contributed by atoms with Crippen LogP contribution in [0.2, 0.25) is 0 Å². The van der Waals surface area contributed by atoms with Crippen LogP contribution in [0.5, 0.6) is 0 Å². The maximum absolute atomic E-state index is 13.0. The van der Waals surface area contributed by atoms with Crippen molar-refractivity contribution in [3.8, 4) is 0 Å². The molecule has 192 valence electrons. The zero-order chi connectivity index (χ0) is 25.8. The van der Waals surface area contributed by atoms with E-state index in [-0.39, 0.29) is 32.2 Å². The number of amides is 1. The number of benzene rings is 2. The molecule has 0 bridgehead atoms. The number of rotatable bonds is 18. The Kier molecular flexibility index (Phi) is 15.1. The summed E-state index contributed by atoms with van der Waals surface area (Å²) < 4.78 is 17.9. The molecule has 0 aliphatic rings. The first-order valence-electron chi connectivity index (χ1n) is 12.5. The SMILES string of the molecule is [C-]#[N+]CCOP(OCC[N+]#[C-])O[C@@H](c1ccccc1)[C@H](NC(=O)CCCCCCC)c1ccccc1. The smallest absolute Gasteiger partial charge is 0.333 e. The summed E-state index contributed by atoms with van der Waals surface area (Å²) in [5.74, 6) is -0.0305. The lowest BCUT2D eigenvalue weighted by Crippen LogP contribution is -2.33. The monoisotopic (exact) mass is 509 g/mol. The molecule has 0 unspecified atom stereocenters. The van der Waals surface area contributed by atoms with Gasteiger partial charge in [-0.1, -0.05) is 93.3 Å². The molecule has 0 fully saturated rings. The summed E-state index contributed by atoms with van der Waals surface area (Å²) in [4.78, 5) is 19.7. The average molecular weight is 510 g/mol. The van der Waals surface area contributed by atoms with Crippen LogP contribution in [-0.2, 0) is 18.4 Å². The molecule has 0 saturated heterocycles. The van der Waals surface area contributed by atoms with Crippen LogP contribution in [0.25, 0.3) is 9.69 Å². The van der Waals surface area contributed by atoms with Gasteiger partial charge in [-0.15, -0.1) is 0 Å². The summed E-state index contributed by atoms with van der Waals surface area (Å²) in [6, 6.07) is 18.9. The molecule has 0 aliphatic carbocycles. The summed E-state index contributed by atoms with van der Waals surface area (Å²) in [7, 11) is -1.85. The Morgan fingerprint density at radius 3 is 1.97 bits per heavy atom. The van der Waals surface area contributed by atoms with Gasteiger partial charge in [-0.25, -0.2) is 13.1 Å². The lowest BCUT2D eigenvalue weighted by Gasteiger charge is -2.31. The van der Waals surface area contributed by atoms with E-state index in [0.29, 0.717) is 6.42 Å². The maximum Gasteiger partial charge on any atom is 0.333 e. The fraction of sp³-hybridized carbons (Fsp3) is 0.464. The predicted octanol–water partition coefficient (Wildman–Crippen LogP) is 7.06. The molecular weight excluding hydrogens is 473 g/mol. The second-order valence-corrected chi connectivity index (χ2v) is 9.38. The summed E-state index contributed by atoms with van der Waals surface area (Å²) in [5, 5.41) is 3.20. The van der Waals surface area contributed by atoms with Crippen LogP contribution in [0.15, 0.2) is 60.7 Å². The summed E-state index contributed by atoms with van der Waals surface area (Å²) >= 11 is 0. The molecule has 0 heterocycles. The van der Waals surface area contributed by atoms with Gasteiger partial charge in [-0.05, 0) is 17.5 Å². The Morgan fingerprint density at radius 1 is 0.861 bits per heavy atom. The number of carbonyl (C=O) groups excluding carboxylic acids is 1. The van der Waals surface area contributed by atoms with Crippen molar-refractivity contribution in [2.24, 2.45) is 0 Å². The molecule has 2 rings (SSSR count). The minimum atomic E-state index is -1.85. The first kappa shape index (κ1) is 29.4. The number of carbonyl (C=O) groups is 1. The van der Waals surface area contributed by atoms with E-state index < -0.39 is 20.7 Å². The quantitative estimate of drug-likeness (QED) is 0.133. The third-order valence-corrected chi connectivity index (χ3v) is 6.60. The van der Waals surface area contributed by atoms with Crippen molar-refractivity contribution in [1.29, 1.82) is 0 Å². The molecular formula is C28H36N3O4P. The third kappa shape index (κ3) is 11.3. The molecule has 2 aromatic carbocycles. The average Bonchev–Trinajstić information content (AvgIpc) is 2.91. The van der Waals surface area contributed by atoms with Gasteiger partial charge in [0.05, 0.1) is 6.04 Å². The van der Waals surface area contributed by atoms with Crippen LogP contribution in [-0.4, -0.2) is 32.2 Å². The Hall–Kier alpha value is -2.80. The van der Waals surface area contributed by atoms with Gasteiger partial charge in [0.15, 0.2) is 0 Å². The summed E-state index contributed by atoms with van der Waals surface area (Å²) in [5.41, 5.74) is 1.77. The fourth-order valence-electron chi connectivity index (χ4n) is 3.60. The summed E-state index contributed by atoms with van der Waals surface area (Å²) in [6.45, 7) is 16.9. The third-order valence-electron chi connectivity index (χ3n) is 5.41. The van der Waals surface area contributed by atoms with Crippen molar-refractivity contribution in [3.05, 3.63) is 94.6 Å². The van der Waals surface area contributed by atoms with E-state index in [1.165, 1.54) is 6.42 Å². The Labute approximate surface area is 216 Å². The Balaban J connectivity index is 2.28. The molecule has 0 aromatic heterocycles. The van der Waals surface area contributed by atoms with E-state index in [2.05, 4.69) is 21.9 Å². The predicted molar refractivity (Wildman–Crippen MR) is 143 cm³/mol. The van der Waals surface area contributed by atoms with Crippen molar-refractivity contribution in [2.75, 3.05) is 26.3 Å². The van der Waals surface area contributed by atoms with Crippen LogP contribution < -0.4 is 5.32 Å². The van der Waals surface area contributed by atoms with E-state index in [1.54, 1.807) is 0 Å². The van der Waals surface area contributed by atoms with E-state index in [1.807, 2.05) is 60.7 Å². The lowest BCUT2D eigenvalue weighted by atomic mass is 9.95. The molecule has 0 aliphatic heterocycles. The highest BCUT2D eigenvalue weighted by molar-refractivity contribution is 7.41. The molecule has 8 heteroatoms. The minimum absolute atomic E-state index is 0.0305. The van der Waals surface area contributed by atoms with Crippen LogP contribution >= 0.6 is 8.60 Å². The second kappa shape index (κ2) is 18.5. The standard InChI is InChI=1S/C28H36N3O4P/c1-4-5-6-7-14-19-26(32)31-27(24-15-10-8-11-16-24)28(25-17-12-9-13-18-25)35-36(33-22-20-29-2)34-23-21-30-3/h8-13,15-18,27-28H,4-7,14,19-23H2,1H3,(H,31,32)/t27-,28+/m1/s1. The maximum atomic E-state index is 13.0. The van der Waals surface area contributed by atoms with Crippen LogP contribution in [0.4, 0.5) is 0 Å². The number of unbranched alkanes of at least 4 members (excludes halogenated alkanes) is 4. The van der Waals surface area contributed by atoms with Gasteiger partial charge < -0.3 is 28.6 Å². The van der Waals surface area contributed by atoms with E-state index in [0.717, 1.165) is 36.8 Å². The fourth-order valence-corrected chi connectivity index (χ4v) is 4.69. The Bertz CT molecular complexity index is 927. The van der Waals surface area contributed by atoms with Crippen molar-refractivity contribution in [1.82, 2.24) is 5.32 Å². The molecule has 2 aromatic rings. The van der Waals surface area contributed by atoms with Gasteiger partial charge in [0.2, 0.25) is 19.0 Å². The molecule has 2 atom stereocenters. The Morgan fingerprint density at radius 2 is 1.42 bits per heavy atom. The topological polar surface area (TPSA) is 65.5 Å². The highest BCUT2D eigenvalue weighted by atomic mass is 31.2. The van der Waals surface area contributed by atoms with Gasteiger partial charge in [0.1, 0.15) is 19.3 Å². The normalized spacial score (nSPS) is 12.4. The molecule has 0 spiro atoms. The van der Waals surface area contributed by atoms with Gasteiger partial charge in [-0.3, -0.25) is 4.79 Å². The van der Waals surface area contributed by atoms with Crippen molar-refractivity contribution < 1.29 is 18.4 Å². The number of hydrogen-bond donors (Lipinski definition) is 1. The number of nitrogens with one attached hydrogen (secondary N) is 1. The van der Waals surface area contributed by atoms with Crippen LogP contribution in [0, 0.1) is 13.1 Å². The number of nitrogens with zero attached hydrogens (tertiary/aromatic N) is 2. The van der Waals surface area contributed by atoms with E-state index in [9.17, 15) is 4.79 Å². The van der Waals surface area contributed by atoms with Crippen LogP contribution in [0.1, 0.15) is 68.7 Å². The zero-order valence-corrected chi connectivity index (χ0v) is 21.9. The van der Waals surface area contributed by atoms with Crippen LogP contribution in [0.3, 0.4) is 0 Å². The van der Waals surface area contributed by atoms with E-state index in [4.69, 9.17) is 26.7 Å². The largest absolute Gasteiger partial charge is 0.346 e. The molecule has 0 saturated carbocycles. The first-order chi connectivity index (χ1) is 17.7. The molecule has 1 N–H and O–H groups in total. The van der Waals surface area contributed by atoms with Gasteiger partial charge in [0, 0.05) is 6.42 Å². The number of hydrogen-bond acceptors (Lipinski definition) is 4. The van der Waals surface area contributed by atoms with Crippen molar-refractivity contribution in [3.63, 3.8) is 0 Å². The first-order valence-corrected chi connectivity index (χ1v) is 13.6. The van der Waals surface area contributed by atoms with Gasteiger partial charge in [0.25, 0.3) is 0 Å². The molecule has 7 nitrogen and oxygen atoms in total. The van der Waals surface area contributed by atoms with Gasteiger partial charge >= 0.3 is 8.60 Å². The highest BCUT2D eigenvalue weighted by Gasteiger charge is 2.31. The zero-order valence-electron chi connectivity index (χ0n) is 21.0. The molecule has 36 heavy (non-hydrogen) atoms. The van der Waals surface area contributed by atoms with Crippen molar-refractivity contribution in [2.45, 2.75) is 57.6 Å². The molecule has 1 amide bonds. The van der Waals surface area contributed by atoms with E-state index >= 15 is 0 Å². The lowest BCUT2D eigenvalue weighted by molar-refractivity contribution is -0.122.